The van der Waals surface area contributed by atoms with E-state index in [1.165, 1.54) is 6.07 Å². The molecule has 196 valence electrons. The van der Waals surface area contributed by atoms with Crippen LogP contribution in [-0.2, 0) is 11.2 Å². The van der Waals surface area contributed by atoms with Crippen molar-refractivity contribution in [1.29, 1.82) is 0 Å². The van der Waals surface area contributed by atoms with Crippen LogP contribution in [0.15, 0.2) is 30.3 Å². The summed E-state index contributed by atoms with van der Waals surface area (Å²) in [5.74, 6) is -1.74. The number of nitrogens with zero attached hydrogens (tertiary/aromatic N) is 5. The molecule has 0 bridgehead atoms. The number of halogens is 1. The number of carbonyl (C=O) groups excluding carboxylic acids is 1. The number of rotatable bonds is 5. The SMILES string of the molecule is CCc1cc(C(=O)N2CCCCC[C@H]2C)nc2cc(-c3ccc(N4CCC[C@H](C(=O)O)C4)cc3F)nn12. The number of fused-ring (bicyclic) bond motifs is 1. The maximum absolute atomic E-state index is 15.3. The van der Waals surface area contributed by atoms with Crippen LogP contribution in [0.4, 0.5) is 10.1 Å². The number of carbonyl (C=O) groups is 2. The predicted molar refractivity (Wildman–Crippen MR) is 139 cm³/mol. The standard InChI is InChI=1S/C28H34FN5O3/c1-3-20-15-25(27(35)33-13-6-4-5-8-18(33)2)30-26-16-24(31-34(20)26)22-11-10-21(14-23(22)29)32-12-7-9-19(17-32)28(36)37/h10-11,14-16,18-19H,3-9,12-13,17H2,1-2H3,(H,36,37)/t18-,19+/m1/s1. The molecule has 4 heterocycles. The number of hydrogen-bond acceptors (Lipinski definition) is 5. The van der Waals surface area contributed by atoms with Gasteiger partial charge < -0.3 is 14.9 Å². The van der Waals surface area contributed by atoms with Gasteiger partial charge in [-0.05, 0) is 63.3 Å². The molecule has 1 aromatic carbocycles. The lowest BCUT2D eigenvalue weighted by molar-refractivity contribution is -0.141. The van der Waals surface area contributed by atoms with Crippen LogP contribution in [0, 0.1) is 11.7 Å². The van der Waals surface area contributed by atoms with Gasteiger partial charge in [0.1, 0.15) is 11.5 Å². The largest absolute Gasteiger partial charge is 0.481 e. The van der Waals surface area contributed by atoms with E-state index >= 15 is 4.39 Å². The maximum atomic E-state index is 15.3. The lowest BCUT2D eigenvalue weighted by Crippen LogP contribution is -2.38. The average Bonchev–Trinajstić information content (AvgIpc) is 3.21. The van der Waals surface area contributed by atoms with E-state index in [2.05, 4.69) is 17.0 Å². The molecule has 2 aliphatic heterocycles. The van der Waals surface area contributed by atoms with Crippen LogP contribution in [-0.4, -0.2) is 62.2 Å². The number of anilines is 1. The first-order chi connectivity index (χ1) is 17.9. The van der Waals surface area contributed by atoms with Gasteiger partial charge in [0.25, 0.3) is 5.91 Å². The van der Waals surface area contributed by atoms with Crippen LogP contribution in [0.25, 0.3) is 16.9 Å². The van der Waals surface area contributed by atoms with Crippen molar-refractivity contribution in [2.24, 2.45) is 5.92 Å². The van der Waals surface area contributed by atoms with Crippen LogP contribution in [0.2, 0.25) is 0 Å². The van der Waals surface area contributed by atoms with Crippen molar-refractivity contribution in [2.75, 3.05) is 24.5 Å². The fourth-order valence-corrected chi connectivity index (χ4v) is 5.58. The fourth-order valence-electron chi connectivity index (χ4n) is 5.58. The second-order valence-corrected chi connectivity index (χ2v) is 10.3. The number of carboxylic acid groups (broad SMARTS) is 1. The third-order valence-corrected chi connectivity index (χ3v) is 7.76. The fraction of sp³-hybridized carbons (Fsp3) is 0.500. The number of aryl methyl sites for hydroxylation is 1. The lowest BCUT2D eigenvalue weighted by Gasteiger charge is -2.32. The Hall–Kier alpha value is -3.49. The topological polar surface area (TPSA) is 91.0 Å². The summed E-state index contributed by atoms with van der Waals surface area (Å²) < 4.78 is 17.0. The molecule has 1 N–H and O–H groups in total. The molecule has 2 aliphatic rings. The second kappa shape index (κ2) is 10.5. The highest BCUT2D eigenvalue weighted by molar-refractivity contribution is 5.93. The summed E-state index contributed by atoms with van der Waals surface area (Å²) in [5, 5.41) is 14.0. The van der Waals surface area contributed by atoms with Gasteiger partial charge in [0, 0.05) is 48.7 Å². The Morgan fingerprint density at radius 2 is 1.92 bits per heavy atom. The van der Waals surface area contributed by atoms with E-state index in [1.54, 1.807) is 22.7 Å². The summed E-state index contributed by atoms with van der Waals surface area (Å²) >= 11 is 0. The second-order valence-electron chi connectivity index (χ2n) is 10.3. The molecule has 0 radical (unpaired) electrons. The van der Waals surface area contributed by atoms with E-state index in [0.29, 0.717) is 54.2 Å². The maximum Gasteiger partial charge on any atom is 0.308 e. The quantitative estimate of drug-likeness (QED) is 0.533. The molecule has 9 heteroatoms. The first kappa shape index (κ1) is 25.2. The van der Waals surface area contributed by atoms with Crippen molar-refractivity contribution in [1.82, 2.24) is 19.5 Å². The van der Waals surface area contributed by atoms with E-state index in [1.807, 2.05) is 22.8 Å². The van der Waals surface area contributed by atoms with Crippen LogP contribution >= 0.6 is 0 Å². The third-order valence-electron chi connectivity index (χ3n) is 7.76. The van der Waals surface area contributed by atoms with E-state index < -0.39 is 17.7 Å². The zero-order valence-corrected chi connectivity index (χ0v) is 21.5. The third kappa shape index (κ3) is 5.04. The van der Waals surface area contributed by atoms with Gasteiger partial charge in [0.2, 0.25) is 0 Å². The summed E-state index contributed by atoms with van der Waals surface area (Å²) in [6.45, 7) is 5.90. The lowest BCUT2D eigenvalue weighted by atomic mass is 9.97. The van der Waals surface area contributed by atoms with Gasteiger partial charge in [0.15, 0.2) is 5.65 Å². The molecule has 2 atom stereocenters. The predicted octanol–water partition coefficient (Wildman–Crippen LogP) is 4.80. The Bertz CT molecular complexity index is 1320. The highest BCUT2D eigenvalue weighted by atomic mass is 19.1. The van der Waals surface area contributed by atoms with E-state index in [9.17, 15) is 14.7 Å². The van der Waals surface area contributed by atoms with E-state index in [0.717, 1.165) is 44.3 Å². The van der Waals surface area contributed by atoms with Crippen LogP contribution in [0.3, 0.4) is 0 Å². The highest BCUT2D eigenvalue weighted by Gasteiger charge is 2.27. The number of aliphatic carboxylic acids is 1. The number of hydrogen-bond donors (Lipinski definition) is 1. The van der Waals surface area contributed by atoms with Crippen LogP contribution in [0.5, 0.6) is 0 Å². The minimum Gasteiger partial charge on any atom is -0.481 e. The highest BCUT2D eigenvalue weighted by Crippen LogP contribution is 2.30. The van der Waals surface area contributed by atoms with Crippen molar-refractivity contribution in [3.05, 3.63) is 47.5 Å². The molecule has 0 spiro atoms. The Morgan fingerprint density at radius 3 is 2.68 bits per heavy atom. The van der Waals surface area contributed by atoms with Crippen molar-refractivity contribution in [3.63, 3.8) is 0 Å². The number of benzene rings is 1. The van der Waals surface area contributed by atoms with E-state index in [4.69, 9.17) is 0 Å². The molecule has 2 saturated heterocycles. The molecule has 0 unspecified atom stereocenters. The first-order valence-corrected chi connectivity index (χ1v) is 13.3. The van der Waals surface area contributed by atoms with Crippen molar-refractivity contribution in [3.8, 4) is 11.3 Å². The first-order valence-electron chi connectivity index (χ1n) is 13.3. The zero-order chi connectivity index (χ0) is 26.1. The Kier molecular flexibility index (Phi) is 7.13. The Labute approximate surface area is 216 Å². The van der Waals surface area contributed by atoms with Gasteiger partial charge >= 0.3 is 5.97 Å². The number of likely N-dealkylation sites (tertiary alicyclic amines) is 1. The molecule has 8 nitrogen and oxygen atoms in total. The number of aromatic nitrogens is 3. The minimum absolute atomic E-state index is 0.0638. The zero-order valence-electron chi connectivity index (χ0n) is 21.5. The van der Waals surface area contributed by atoms with Crippen molar-refractivity contribution < 1.29 is 19.1 Å². The van der Waals surface area contributed by atoms with E-state index in [-0.39, 0.29) is 11.9 Å². The molecule has 5 rings (SSSR count). The summed E-state index contributed by atoms with van der Waals surface area (Å²) in [5.41, 5.74) is 3.22. The monoisotopic (exact) mass is 507 g/mol. The van der Waals surface area contributed by atoms with Crippen LogP contribution < -0.4 is 4.90 Å². The van der Waals surface area contributed by atoms with Gasteiger partial charge in [-0.25, -0.2) is 13.9 Å². The van der Waals surface area contributed by atoms with Crippen molar-refractivity contribution in [2.45, 2.75) is 64.8 Å². The number of piperidine rings is 1. The summed E-state index contributed by atoms with van der Waals surface area (Å²) in [4.78, 5) is 33.3. The van der Waals surface area contributed by atoms with Gasteiger partial charge in [-0.3, -0.25) is 9.59 Å². The normalized spacial score (nSPS) is 20.7. The van der Waals surface area contributed by atoms with Gasteiger partial charge in [-0.1, -0.05) is 19.8 Å². The number of amides is 1. The molecule has 2 aromatic heterocycles. The molecule has 1 amide bonds. The molecular formula is C28H34FN5O3. The van der Waals surface area contributed by atoms with Gasteiger partial charge in [-0.2, -0.15) is 5.10 Å². The van der Waals surface area contributed by atoms with Gasteiger partial charge in [0.05, 0.1) is 11.6 Å². The molecule has 37 heavy (non-hydrogen) atoms. The summed E-state index contributed by atoms with van der Waals surface area (Å²) in [6.07, 6.45) is 6.31. The minimum atomic E-state index is -0.811. The van der Waals surface area contributed by atoms with Crippen molar-refractivity contribution >= 4 is 23.2 Å². The molecule has 0 aliphatic carbocycles. The number of carboxylic acids is 1. The summed E-state index contributed by atoms with van der Waals surface area (Å²) in [6, 6.07) is 8.66. The molecule has 3 aromatic rings. The molecular weight excluding hydrogens is 473 g/mol. The summed E-state index contributed by atoms with van der Waals surface area (Å²) in [7, 11) is 0. The molecule has 0 saturated carbocycles. The Morgan fingerprint density at radius 1 is 1.08 bits per heavy atom. The smallest absolute Gasteiger partial charge is 0.308 e. The molecule has 2 fully saturated rings. The van der Waals surface area contributed by atoms with Gasteiger partial charge in [-0.15, -0.1) is 0 Å². The average molecular weight is 508 g/mol. The van der Waals surface area contributed by atoms with Crippen LogP contribution in [0.1, 0.15) is 68.6 Å². The Balaban J connectivity index is 1.45.